The quantitative estimate of drug-likeness (QED) is 0.531. The Morgan fingerprint density at radius 3 is 2.59 bits per heavy atom. The highest BCUT2D eigenvalue weighted by atomic mass is 35.5. The van der Waals surface area contributed by atoms with Gasteiger partial charge in [-0.1, -0.05) is 23.7 Å². The maximum atomic E-state index is 12.3. The number of carbonyl (C=O) groups is 3. The van der Waals surface area contributed by atoms with Gasteiger partial charge < -0.3 is 14.2 Å². The van der Waals surface area contributed by atoms with Gasteiger partial charge in [0.1, 0.15) is 12.4 Å². The molecular weight excluding hydrogens is 398 g/mol. The van der Waals surface area contributed by atoms with Crippen LogP contribution in [0.4, 0.5) is 0 Å². The second kappa shape index (κ2) is 8.23. The van der Waals surface area contributed by atoms with E-state index < -0.39 is 5.97 Å². The Morgan fingerprint density at radius 2 is 1.86 bits per heavy atom. The Bertz CT molecular complexity index is 954. The summed E-state index contributed by atoms with van der Waals surface area (Å²) in [5.74, 6) is -0.463. The average Bonchev–Trinajstić information content (AvgIpc) is 2.97. The van der Waals surface area contributed by atoms with Crippen LogP contribution in [-0.2, 0) is 27.5 Å². The fraction of sp³-hybridized carbons (Fsp3) is 0.286. The smallest absolute Gasteiger partial charge is 0.306 e. The summed E-state index contributed by atoms with van der Waals surface area (Å²) in [5.41, 5.74) is 2.27. The number of rotatable bonds is 6. The lowest BCUT2D eigenvalue weighted by molar-refractivity contribution is -0.145. The normalized spacial score (nSPS) is 15.0. The molecule has 7 nitrogen and oxygen atoms in total. The van der Waals surface area contributed by atoms with Gasteiger partial charge in [-0.15, -0.1) is 0 Å². The van der Waals surface area contributed by atoms with Gasteiger partial charge in [-0.05, 0) is 30.7 Å². The molecule has 0 aliphatic carbocycles. The maximum Gasteiger partial charge on any atom is 0.306 e. The summed E-state index contributed by atoms with van der Waals surface area (Å²) in [4.78, 5) is 37.9. The first kappa shape index (κ1) is 19.4. The minimum absolute atomic E-state index is 0.0226. The van der Waals surface area contributed by atoms with Crippen molar-refractivity contribution in [2.24, 2.45) is 0 Å². The van der Waals surface area contributed by atoms with Crippen molar-refractivity contribution in [3.8, 4) is 5.75 Å². The molecule has 0 saturated carbocycles. The number of halogens is 1. The molecule has 2 aromatic carbocycles. The number of imide groups is 1. The van der Waals surface area contributed by atoms with E-state index in [1.165, 1.54) is 4.90 Å². The molecule has 2 amide bonds. The highest BCUT2D eigenvalue weighted by Gasteiger charge is 2.34. The predicted molar refractivity (Wildman–Crippen MR) is 103 cm³/mol. The van der Waals surface area contributed by atoms with Crippen LogP contribution in [0.1, 0.15) is 44.7 Å². The zero-order valence-electron chi connectivity index (χ0n) is 15.5. The summed E-state index contributed by atoms with van der Waals surface area (Å²) in [6.45, 7) is 0.705. The summed E-state index contributed by atoms with van der Waals surface area (Å²) in [7, 11) is 0. The largest absolute Gasteiger partial charge is 0.467 e. The number of benzene rings is 2. The first-order valence-electron chi connectivity index (χ1n) is 9.17. The summed E-state index contributed by atoms with van der Waals surface area (Å²) < 4.78 is 16.0. The molecule has 4 rings (SSSR count). The molecule has 0 radical (unpaired) electrons. The van der Waals surface area contributed by atoms with Crippen LogP contribution >= 0.6 is 11.6 Å². The molecule has 0 aromatic heterocycles. The van der Waals surface area contributed by atoms with Crippen LogP contribution in [0.2, 0.25) is 5.02 Å². The molecule has 0 bridgehead atoms. The number of ether oxygens (including phenoxy) is 3. The second-order valence-electron chi connectivity index (χ2n) is 6.74. The third-order valence-corrected chi connectivity index (χ3v) is 5.00. The molecular formula is C21H18ClNO6. The molecule has 2 aliphatic heterocycles. The number of nitrogens with zero attached hydrogens (tertiary/aromatic N) is 1. The van der Waals surface area contributed by atoms with Crippen LogP contribution in [0.3, 0.4) is 0 Å². The highest BCUT2D eigenvalue weighted by Crippen LogP contribution is 2.32. The van der Waals surface area contributed by atoms with Gasteiger partial charge in [0.05, 0.1) is 17.7 Å². The minimum atomic E-state index is -0.428. The van der Waals surface area contributed by atoms with Crippen molar-refractivity contribution in [3.05, 3.63) is 63.7 Å². The average molecular weight is 416 g/mol. The van der Waals surface area contributed by atoms with Gasteiger partial charge in [0.15, 0.2) is 6.79 Å². The Morgan fingerprint density at radius 1 is 1.14 bits per heavy atom. The van der Waals surface area contributed by atoms with Crippen LogP contribution in [0.25, 0.3) is 0 Å². The Balaban J connectivity index is 1.29. The van der Waals surface area contributed by atoms with Crippen molar-refractivity contribution < 1.29 is 28.6 Å². The molecule has 0 unspecified atom stereocenters. The fourth-order valence-electron chi connectivity index (χ4n) is 3.42. The molecule has 29 heavy (non-hydrogen) atoms. The predicted octanol–water partition coefficient (Wildman–Crippen LogP) is 3.33. The third-order valence-electron chi connectivity index (χ3n) is 4.78. The van der Waals surface area contributed by atoms with Gasteiger partial charge in [0.25, 0.3) is 11.8 Å². The molecule has 0 spiro atoms. The van der Waals surface area contributed by atoms with E-state index in [9.17, 15) is 14.4 Å². The zero-order chi connectivity index (χ0) is 20.4. The van der Waals surface area contributed by atoms with E-state index in [-0.39, 0.29) is 38.2 Å². The first-order valence-corrected chi connectivity index (χ1v) is 9.55. The van der Waals surface area contributed by atoms with Gasteiger partial charge in [0, 0.05) is 29.1 Å². The summed E-state index contributed by atoms with van der Waals surface area (Å²) >= 11 is 6.10. The minimum Gasteiger partial charge on any atom is -0.467 e. The van der Waals surface area contributed by atoms with E-state index in [1.807, 2.05) is 0 Å². The van der Waals surface area contributed by atoms with Crippen molar-refractivity contribution in [1.82, 2.24) is 4.90 Å². The Hall–Kier alpha value is -2.90. The molecule has 2 heterocycles. The van der Waals surface area contributed by atoms with E-state index in [1.54, 1.807) is 36.4 Å². The van der Waals surface area contributed by atoms with Crippen LogP contribution in [-0.4, -0.2) is 36.0 Å². The van der Waals surface area contributed by atoms with Gasteiger partial charge in [0.2, 0.25) is 0 Å². The Kier molecular flexibility index (Phi) is 5.51. The van der Waals surface area contributed by atoms with Crippen molar-refractivity contribution in [1.29, 1.82) is 0 Å². The van der Waals surface area contributed by atoms with E-state index in [0.717, 1.165) is 5.56 Å². The first-order chi connectivity index (χ1) is 14.0. The number of fused-ring (bicyclic) bond motifs is 2. The highest BCUT2D eigenvalue weighted by molar-refractivity contribution is 6.30. The van der Waals surface area contributed by atoms with Crippen molar-refractivity contribution in [2.45, 2.75) is 26.1 Å². The van der Waals surface area contributed by atoms with Gasteiger partial charge in [-0.2, -0.15) is 0 Å². The van der Waals surface area contributed by atoms with Crippen molar-refractivity contribution >= 4 is 29.4 Å². The van der Waals surface area contributed by atoms with Crippen LogP contribution in [0, 0.1) is 0 Å². The van der Waals surface area contributed by atoms with Crippen LogP contribution in [0.15, 0.2) is 36.4 Å². The van der Waals surface area contributed by atoms with Crippen molar-refractivity contribution in [2.75, 3.05) is 13.3 Å². The molecule has 0 atom stereocenters. The van der Waals surface area contributed by atoms with E-state index in [4.69, 9.17) is 25.8 Å². The molecule has 2 aliphatic rings. The number of amides is 2. The molecule has 150 valence electrons. The monoisotopic (exact) mass is 415 g/mol. The molecule has 0 N–H and O–H groups in total. The van der Waals surface area contributed by atoms with E-state index in [0.29, 0.717) is 40.5 Å². The zero-order valence-corrected chi connectivity index (χ0v) is 16.2. The van der Waals surface area contributed by atoms with Gasteiger partial charge >= 0.3 is 5.97 Å². The third kappa shape index (κ3) is 3.97. The fourth-order valence-corrected chi connectivity index (χ4v) is 3.68. The number of esters is 1. The lowest BCUT2D eigenvalue weighted by atomic mass is 10.1. The standard InChI is InChI=1S/C21H18ClNO6/c22-15-8-13-10-27-12-29-19(13)14(9-15)11-28-18(24)6-3-7-23-20(25)16-4-1-2-5-17(16)21(23)26/h1-2,4-5,8-9H,3,6-7,10-12H2. The SMILES string of the molecule is O=C(CCCN1C(=O)c2ccccc2C1=O)OCc1cc(Cl)cc2c1OCOC2. The molecule has 2 aromatic rings. The second-order valence-corrected chi connectivity index (χ2v) is 7.17. The van der Waals surface area contributed by atoms with Crippen molar-refractivity contribution in [3.63, 3.8) is 0 Å². The number of carbonyl (C=O) groups excluding carboxylic acids is 3. The lowest BCUT2D eigenvalue weighted by Gasteiger charge is -2.21. The number of hydrogen-bond acceptors (Lipinski definition) is 6. The maximum absolute atomic E-state index is 12.3. The van der Waals surface area contributed by atoms with E-state index >= 15 is 0 Å². The summed E-state index contributed by atoms with van der Waals surface area (Å²) in [5, 5.41) is 0.509. The number of hydrogen-bond donors (Lipinski definition) is 0. The van der Waals surface area contributed by atoms with Gasteiger partial charge in [-0.3, -0.25) is 19.3 Å². The topological polar surface area (TPSA) is 82.1 Å². The molecule has 0 fully saturated rings. The lowest BCUT2D eigenvalue weighted by Crippen LogP contribution is -2.31. The van der Waals surface area contributed by atoms with Gasteiger partial charge in [-0.25, -0.2) is 0 Å². The summed E-state index contributed by atoms with van der Waals surface area (Å²) in [6.07, 6.45) is 0.405. The Labute approximate surface area is 172 Å². The van der Waals surface area contributed by atoms with Crippen LogP contribution in [0.5, 0.6) is 5.75 Å². The molecule has 0 saturated heterocycles. The van der Waals surface area contributed by atoms with Crippen LogP contribution < -0.4 is 4.74 Å². The van der Waals surface area contributed by atoms with E-state index in [2.05, 4.69) is 0 Å². The summed E-state index contributed by atoms with van der Waals surface area (Å²) in [6, 6.07) is 10.1. The molecule has 8 heteroatoms.